The quantitative estimate of drug-likeness (QED) is 0.822. The van der Waals surface area contributed by atoms with E-state index in [0.717, 1.165) is 4.47 Å². The summed E-state index contributed by atoms with van der Waals surface area (Å²) in [6.07, 6.45) is 0. The van der Waals surface area contributed by atoms with E-state index in [1.807, 2.05) is 0 Å². The van der Waals surface area contributed by atoms with Crippen LogP contribution < -0.4 is 11.1 Å². The fraction of sp³-hybridized carbons (Fsp3) is 0. The monoisotopic (exact) mass is 324 g/mol. The Hall–Kier alpha value is -1.52. The summed E-state index contributed by atoms with van der Waals surface area (Å²) in [7, 11) is 0. The predicted octanol–water partition coefficient (Wildman–Crippen LogP) is 3.94. The first-order valence-electron chi connectivity index (χ1n) is 5.19. The van der Waals surface area contributed by atoms with Crippen LogP contribution in [0.15, 0.2) is 46.9 Å². The minimum absolute atomic E-state index is 0.262. The Labute approximate surface area is 118 Å². The van der Waals surface area contributed by atoms with E-state index >= 15 is 0 Å². The molecule has 0 saturated carbocycles. The molecule has 18 heavy (non-hydrogen) atoms. The van der Waals surface area contributed by atoms with E-state index in [9.17, 15) is 4.79 Å². The van der Waals surface area contributed by atoms with E-state index in [-0.39, 0.29) is 5.91 Å². The van der Waals surface area contributed by atoms with E-state index in [1.54, 1.807) is 42.5 Å². The number of carbonyl (C=O) groups excluding carboxylic acids is 1. The van der Waals surface area contributed by atoms with Gasteiger partial charge in [-0.2, -0.15) is 0 Å². The maximum Gasteiger partial charge on any atom is 0.257 e. The zero-order valence-corrected chi connectivity index (χ0v) is 11.6. The molecule has 92 valence electrons. The lowest BCUT2D eigenvalue weighted by atomic mass is 10.2. The van der Waals surface area contributed by atoms with Crippen LogP contribution >= 0.6 is 27.5 Å². The smallest absolute Gasteiger partial charge is 0.257 e. The van der Waals surface area contributed by atoms with Crippen molar-refractivity contribution in [1.29, 1.82) is 0 Å². The number of benzene rings is 2. The lowest BCUT2D eigenvalue weighted by Gasteiger charge is -2.08. The molecule has 0 aliphatic heterocycles. The zero-order valence-electron chi connectivity index (χ0n) is 9.28. The van der Waals surface area contributed by atoms with Gasteiger partial charge < -0.3 is 11.1 Å². The van der Waals surface area contributed by atoms with Crippen molar-refractivity contribution in [3.8, 4) is 0 Å². The number of halogens is 2. The van der Waals surface area contributed by atoms with Gasteiger partial charge in [-0.3, -0.25) is 4.79 Å². The number of anilines is 2. The highest BCUT2D eigenvalue weighted by Gasteiger charge is 2.10. The van der Waals surface area contributed by atoms with Crippen LogP contribution in [0.1, 0.15) is 10.4 Å². The van der Waals surface area contributed by atoms with Crippen molar-refractivity contribution in [2.24, 2.45) is 0 Å². The molecule has 3 nitrogen and oxygen atoms in total. The molecule has 0 bridgehead atoms. The molecule has 5 heteroatoms. The van der Waals surface area contributed by atoms with Gasteiger partial charge in [-0.25, -0.2) is 0 Å². The second-order valence-electron chi connectivity index (χ2n) is 3.67. The van der Waals surface area contributed by atoms with Gasteiger partial charge in [-0.05, 0) is 46.3 Å². The Kier molecular flexibility index (Phi) is 3.89. The van der Waals surface area contributed by atoms with Gasteiger partial charge in [0, 0.05) is 15.8 Å². The van der Waals surface area contributed by atoms with Crippen molar-refractivity contribution in [3.63, 3.8) is 0 Å². The van der Waals surface area contributed by atoms with E-state index in [2.05, 4.69) is 21.2 Å². The van der Waals surface area contributed by atoms with Crippen LogP contribution in [0.2, 0.25) is 5.02 Å². The van der Waals surface area contributed by atoms with Crippen LogP contribution in [0.4, 0.5) is 11.4 Å². The molecule has 0 spiro atoms. The van der Waals surface area contributed by atoms with Gasteiger partial charge in [-0.1, -0.05) is 23.7 Å². The molecule has 2 rings (SSSR count). The van der Waals surface area contributed by atoms with E-state index < -0.39 is 0 Å². The molecule has 0 aromatic heterocycles. The summed E-state index contributed by atoms with van der Waals surface area (Å²) in [6, 6.07) is 12.1. The number of amides is 1. The van der Waals surface area contributed by atoms with Gasteiger partial charge in [0.25, 0.3) is 5.91 Å². The fourth-order valence-corrected chi connectivity index (χ4v) is 1.93. The summed E-state index contributed by atoms with van der Waals surface area (Å²) < 4.78 is 0.790. The molecule has 0 fully saturated rings. The summed E-state index contributed by atoms with van der Waals surface area (Å²) in [5, 5.41) is 3.16. The third-order valence-electron chi connectivity index (χ3n) is 2.37. The average molecular weight is 326 g/mol. The molecule has 0 aliphatic carbocycles. The Morgan fingerprint density at radius 1 is 1.22 bits per heavy atom. The van der Waals surface area contributed by atoms with Crippen molar-refractivity contribution >= 4 is 44.8 Å². The van der Waals surface area contributed by atoms with Crippen LogP contribution in [0.5, 0.6) is 0 Å². The van der Waals surface area contributed by atoms with Crippen molar-refractivity contribution in [2.75, 3.05) is 11.1 Å². The van der Waals surface area contributed by atoms with Crippen LogP contribution in [0, 0.1) is 0 Å². The molecular formula is C13H10BrClN2O. The summed E-state index contributed by atoms with van der Waals surface area (Å²) >= 11 is 9.24. The van der Waals surface area contributed by atoms with Crippen LogP contribution in [-0.2, 0) is 0 Å². The van der Waals surface area contributed by atoms with Crippen molar-refractivity contribution in [2.45, 2.75) is 0 Å². The van der Waals surface area contributed by atoms with Crippen LogP contribution in [-0.4, -0.2) is 5.91 Å². The standard InChI is InChI=1S/C13H10BrClN2O/c14-10-6-5-8(7-12(10)16)17-13(18)9-3-1-2-4-11(9)15/h1-7H,16H2,(H,17,18). The van der Waals surface area contributed by atoms with Crippen molar-refractivity contribution < 1.29 is 4.79 Å². The lowest BCUT2D eigenvalue weighted by Crippen LogP contribution is -2.12. The van der Waals surface area contributed by atoms with E-state index in [1.165, 1.54) is 0 Å². The maximum atomic E-state index is 12.0. The average Bonchev–Trinajstić information content (AvgIpc) is 2.34. The highest BCUT2D eigenvalue weighted by atomic mass is 79.9. The minimum atomic E-state index is -0.262. The fourth-order valence-electron chi connectivity index (χ4n) is 1.47. The molecule has 0 aliphatic rings. The first kappa shape index (κ1) is 12.9. The van der Waals surface area contributed by atoms with E-state index in [0.29, 0.717) is 22.0 Å². The first-order chi connectivity index (χ1) is 8.58. The van der Waals surface area contributed by atoms with Gasteiger partial charge in [0.05, 0.1) is 10.6 Å². The highest BCUT2D eigenvalue weighted by Crippen LogP contribution is 2.24. The lowest BCUT2D eigenvalue weighted by molar-refractivity contribution is 0.102. The summed E-state index contributed by atoms with van der Waals surface area (Å²) in [5.74, 6) is -0.262. The molecule has 0 unspecified atom stereocenters. The molecule has 0 saturated heterocycles. The van der Waals surface area contributed by atoms with Gasteiger partial charge in [-0.15, -0.1) is 0 Å². The second-order valence-corrected chi connectivity index (χ2v) is 4.93. The van der Waals surface area contributed by atoms with Crippen LogP contribution in [0.3, 0.4) is 0 Å². The molecule has 0 radical (unpaired) electrons. The Morgan fingerprint density at radius 2 is 1.94 bits per heavy atom. The molecule has 3 N–H and O–H groups in total. The van der Waals surface area contributed by atoms with Gasteiger partial charge in [0.1, 0.15) is 0 Å². The number of nitrogens with one attached hydrogen (secondary N) is 1. The number of nitrogens with two attached hydrogens (primary N) is 1. The van der Waals surface area contributed by atoms with Gasteiger partial charge >= 0.3 is 0 Å². The van der Waals surface area contributed by atoms with Crippen molar-refractivity contribution in [1.82, 2.24) is 0 Å². The number of hydrogen-bond acceptors (Lipinski definition) is 2. The second kappa shape index (κ2) is 5.42. The van der Waals surface area contributed by atoms with Gasteiger partial charge in [0.15, 0.2) is 0 Å². The Bertz CT molecular complexity index is 601. The van der Waals surface area contributed by atoms with Crippen LogP contribution in [0.25, 0.3) is 0 Å². The highest BCUT2D eigenvalue weighted by molar-refractivity contribution is 9.10. The van der Waals surface area contributed by atoms with Gasteiger partial charge in [0.2, 0.25) is 0 Å². The van der Waals surface area contributed by atoms with Crippen molar-refractivity contribution in [3.05, 3.63) is 57.5 Å². The molecule has 2 aromatic carbocycles. The number of carbonyl (C=O) groups is 1. The van der Waals surface area contributed by atoms with E-state index in [4.69, 9.17) is 17.3 Å². The number of rotatable bonds is 2. The zero-order chi connectivity index (χ0) is 13.1. The molecule has 0 heterocycles. The molecule has 0 atom stereocenters. The summed E-state index contributed by atoms with van der Waals surface area (Å²) in [6.45, 7) is 0. The molecule has 1 amide bonds. The minimum Gasteiger partial charge on any atom is -0.398 e. The SMILES string of the molecule is Nc1cc(NC(=O)c2ccccc2Cl)ccc1Br. The Balaban J connectivity index is 2.22. The summed E-state index contributed by atoms with van der Waals surface area (Å²) in [5.41, 5.74) is 7.36. The Morgan fingerprint density at radius 3 is 2.61 bits per heavy atom. The topological polar surface area (TPSA) is 55.1 Å². The summed E-state index contributed by atoms with van der Waals surface area (Å²) in [4.78, 5) is 12.0. The maximum absolute atomic E-state index is 12.0. The predicted molar refractivity (Wildman–Crippen MR) is 78.0 cm³/mol. The normalized spacial score (nSPS) is 10.1. The third kappa shape index (κ3) is 2.83. The molecule has 2 aromatic rings. The number of hydrogen-bond donors (Lipinski definition) is 2. The first-order valence-corrected chi connectivity index (χ1v) is 6.36. The molecular weight excluding hydrogens is 316 g/mol. The third-order valence-corrected chi connectivity index (χ3v) is 3.42. The largest absolute Gasteiger partial charge is 0.398 e. The number of nitrogen functional groups attached to an aromatic ring is 1.